The second-order valence-electron chi connectivity index (χ2n) is 4.49. The fourth-order valence-corrected chi connectivity index (χ4v) is 2.05. The lowest BCUT2D eigenvalue weighted by Crippen LogP contribution is -2.37. The number of carbonyl (C=O) groups excluding carboxylic acids is 1. The molecule has 20 heavy (non-hydrogen) atoms. The number of unbranched alkanes of at least 4 members (excludes halogenated alkanes) is 1. The van der Waals surface area contributed by atoms with Crippen LogP contribution in [-0.4, -0.2) is 23.7 Å². The number of hydrogen-bond acceptors (Lipinski definition) is 2. The highest BCUT2D eigenvalue weighted by molar-refractivity contribution is 6.31. The molecular weight excluding hydrogens is 280 g/mol. The summed E-state index contributed by atoms with van der Waals surface area (Å²) in [6, 6.07) is 6.86. The van der Waals surface area contributed by atoms with Gasteiger partial charge in [0.1, 0.15) is 0 Å². The Balaban J connectivity index is 2.28. The third-order valence-corrected chi connectivity index (χ3v) is 3.17. The number of urea groups is 1. The molecule has 0 heterocycles. The van der Waals surface area contributed by atoms with E-state index in [2.05, 4.69) is 10.6 Å². The maximum Gasteiger partial charge on any atom is 0.315 e. The molecule has 1 unspecified atom stereocenters. The second kappa shape index (κ2) is 8.43. The topological polar surface area (TPSA) is 78.4 Å². The van der Waals surface area contributed by atoms with E-state index in [1.807, 2.05) is 25.1 Å². The minimum absolute atomic E-state index is 0.124. The van der Waals surface area contributed by atoms with E-state index in [0.29, 0.717) is 24.4 Å². The van der Waals surface area contributed by atoms with Gasteiger partial charge in [-0.25, -0.2) is 4.79 Å². The van der Waals surface area contributed by atoms with Crippen molar-refractivity contribution in [2.24, 2.45) is 0 Å². The maximum absolute atomic E-state index is 11.7. The van der Waals surface area contributed by atoms with Gasteiger partial charge in [-0.05, 0) is 31.4 Å². The minimum atomic E-state index is -0.818. The highest BCUT2D eigenvalue weighted by Gasteiger charge is 2.11. The standard InChI is InChI=1S/C14H19ClN2O3/c1-10(11-6-2-3-7-12(11)15)17-14(20)16-9-5-4-8-13(18)19/h2-3,6-7,10H,4-5,8-9H2,1H3,(H,18,19)(H2,16,17,20). The first kappa shape index (κ1) is 16.3. The number of amides is 2. The molecule has 2 amide bonds. The number of carboxylic acid groups (broad SMARTS) is 1. The summed E-state index contributed by atoms with van der Waals surface area (Å²) in [7, 11) is 0. The lowest BCUT2D eigenvalue weighted by atomic mass is 10.1. The van der Waals surface area contributed by atoms with E-state index in [4.69, 9.17) is 16.7 Å². The van der Waals surface area contributed by atoms with Gasteiger partial charge in [0.05, 0.1) is 6.04 Å². The predicted octanol–water partition coefficient (Wildman–Crippen LogP) is 2.96. The number of rotatable bonds is 7. The lowest BCUT2D eigenvalue weighted by molar-refractivity contribution is -0.137. The smallest absolute Gasteiger partial charge is 0.315 e. The quantitative estimate of drug-likeness (QED) is 0.677. The molecule has 1 atom stereocenters. The number of halogens is 1. The van der Waals surface area contributed by atoms with Gasteiger partial charge in [-0.15, -0.1) is 0 Å². The van der Waals surface area contributed by atoms with Crippen LogP contribution in [0.3, 0.4) is 0 Å². The Bertz CT molecular complexity index is 465. The van der Waals surface area contributed by atoms with Gasteiger partial charge < -0.3 is 15.7 Å². The van der Waals surface area contributed by atoms with E-state index in [1.165, 1.54) is 0 Å². The monoisotopic (exact) mass is 298 g/mol. The molecule has 3 N–H and O–H groups in total. The van der Waals surface area contributed by atoms with Gasteiger partial charge in [-0.2, -0.15) is 0 Å². The second-order valence-corrected chi connectivity index (χ2v) is 4.90. The van der Waals surface area contributed by atoms with E-state index in [0.717, 1.165) is 5.56 Å². The van der Waals surface area contributed by atoms with Crippen LogP contribution in [0.4, 0.5) is 4.79 Å². The molecule has 0 aromatic heterocycles. The summed E-state index contributed by atoms with van der Waals surface area (Å²) in [5.41, 5.74) is 0.857. The molecule has 0 spiro atoms. The molecule has 0 bridgehead atoms. The van der Waals surface area contributed by atoms with Crippen molar-refractivity contribution in [1.82, 2.24) is 10.6 Å². The maximum atomic E-state index is 11.7. The zero-order valence-corrected chi connectivity index (χ0v) is 12.1. The Kier molecular flexibility index (Phi) is 6.87. The number of carboxylic acids is 1. The molecular formula is C14H19ClN2O3. The lowest BCUT2D eigenvalue weighted by Gasteiger charge is -2.16. The first-order valence-electron chi connectivity index (χ1n) is 6.51. The number of hydrogen-bond donors (Lipinski definition) is 3. The normalized spacial score (nSPS) is 11.7. The van der Waals surface area contributed by atoms with E-state index < -0.39 is 5.97 Å². The number of benzene rings is 1. The van der Waals surface area contributed by atoms with Gasteiger partial charge in [0.15, 0.2) is 0 Å². The highest BCUT2D eigenvalue weighted by Crippen LogP contribution is 2.21. The first-order chi connectivity index (χ1) is 9.50. The van der Waals surface area contributed by atoms with Crippen LogP contribution < -0.4 is 10.6 Å². The molecule has 5 nitrogen and oxygen atoms in total. The van der Waals surface area contributed by atoms with Crippen molar-refractivity contribution in [3.63, 3.8) is 0 Å². The molecule has 110 valence electrons. The molecule has 0 fully saturated rings. The van der Waals surface area contributed by atoms with Crippen LogP contribution in [-0.2, 0) is 4.79 Å². The van der Waals surface area contributed by atoms with Crippen LogP contribution in [0.1, 0.15) is 37.8 Å². The summed E-state index contributed by atoms with van der Waals surface area (Å²) >= 11 is 6.05. The Hall–Kier alpha value is -1.75. The van der Waals surface area contributed by atoms with Crippen molar-refractivity contribution >= 4 is 23.6 Å². The number of carbonyl (C=O) groups is 2. The minimum Gasteiger partial charge on any atom is -0.481 e. The van der Waals surface area contributed by atoms with Crippen molar-refractivity contribution in [1.29, 1.82) is 0 Å². The molecule has 0 aliphatic heterocycles. The Labute approximate surface area is 123 Å². The molecule has 1 aromatic rings. The van der Waals surface area contributed by atoms with E-state index in [9.17, 15) is 9.59 Å². The number of aliphatic carboxylic acids is 1. The molecule has 0 radical (unpaired) electrons. The first-order valence-corrected chi connectivity index (χ1v) is 6.89. The van der Waals surface area contributed by atoms with E-state index in [1.54, 1.807) is 6.07 Å². The van der Waals surface area contributed by atoms with Crippen molar-refractivity contribution in [3.8, 4) is 0 Å². The third kappa shape index (κ3) is 5.93. The van der Waals surface area contributed by atoms with Crippen LogP contribution in [0.2, 0.25) is 5.02 Å². The van der Waals surface area contributed by atoms with E-state index >= 15 is 0 Å². The fraction of sp³-hybridized carbons (Fsp3) is 0.429. The average molecular weight is 299 g/mol. The van der Waals surface area contributed by atoms with Gasteiger partial charge >= 0.3 is 12.0 Å². The summed E-state index contributed by atoms with van der Waals surface area (Å²) in [5, 5.41) is 14.6. The third-order valence-electron chi connectivity index (χ3n) is 2.82. The van der Waals surface area contributed by atoms with Crippen molar-refractivity contribution in [3.05, 3.63) is 34.9 Å². The summed E-state index contributed by atoms with van der Waals surface area (Å²) in [4.78, 5) is 22.0. The van der Waals surface area contributed by atoms with Crippen LogP contribution >= 0.6 is 11.6 Å². The molecule has 0 aliphatic carbocycles. The largest absolute Gasteiger partial charge is 0.481 e. The molecule has 1 aromatic carbocycles. The summed E-state index contributed by atoms with van der Waals surface area (Å²) < 4.78 is 0. The summed E-state index contributed by atoms with van der Waals surface area (Å²) in [5.74, 6) is -0.818. The summed E-state index contributed by atoms with van der Waals surface area (Å²) in [6.07, 6.45) is 1.31. The van der Waals surface area contributed by atoms with Crippen LogP contribution in [0.15, 0.2) is 24.3 Å². The average Bonchev–Trinajstić information content (AvgIpc) is 2.38. The van der Waals surface area contributed by atoms with Gasteiger partial charge in [-0.3, -0.25) is 4.79 Å². The fourth-order valence-electron chi connectivity index (χ4n) is 1.75. The van der Waals surface area contributed by atoms with Crippen molar-refractivity contribution < 1.29 is 14.7 Å². The Morgan fingerprint density at radius 3 is 2.65 bits per heavy atom. The molecule has 0 aliphatic rings. The molecule has 1 rings (SSSR count). The zero-order chi connectivity index (χ0) is 15.0. The van der Waals surface area contributed by atoms with Gasteiger partial charge in [-0.1, -0.05) is 29.8 Å². The summed E-state index contributed by atoms with van der Waals surface area (Å²) in [6.45, 7) is 2.31. The van der Waals surface area contributed by atoms with Crippen LogP contribution in [0, 0.1) is 0 Å². The predicted molar refractivity (Wildman–Crippen MR) is 77.9 cm³/mol. The molecule has 6 heteroatoms. The zero-order valence-electron chi connectivity index (χ0n) is 11.4. The molecule has 0 saturated heterocycles. The van der Waals surface area contributed by atoms with Crippen molar-refractivity contribution in [2.45, 2.75) is 32.2 Å². The Morgan fingerprint density at radius 2 is 2.00 bits per heavy atom. The highest BCUT2D eigenvalue weighted by atomic mass is 35.5. The van der Waals surface area contributed by atoms with Gasteiger partial charge in [0.2, 0.25) is 0 Å². The van der Waals surface area contributed by atoms with Crippen LogP contribution in [0.5, 0.6) is 0 Å². The Morgan fingerprint density at radius 1 is 1.30 bits per heavy atom. The van der Waals surface area contributed by atoms with Crippen molar-refractivity contribution in [2.75, 3.05) is 6.54 Å². The van der Waals surface area contributed by atoms with Crippen LogP contribution in [0.25, 0.3) is 0 Å². The van der Waals surface area contributed by atoms with E-state index in [-0.39, 0.29) is 18.5 Å². The van der Waals surface area contributed by atoms with Gasteiger partial charge in [0, 0.05) is 18.0 Å². The number of nitrogens with one attached hydrogen (secondary N) is 2. The SMILES string of the molecule is CC(NC(=O)NCCCCC(=O)O)c1ccccc1Cl. The van der Waals surface area contributed by atoms with Gasteiger partial charge in [0.25, 0.3) is 0 Å². The molecule has 0 saturated carbocycles.